The van der Waals surface area contributed by atoms with Gasteiger partial charge in [0.15, 0.2) is 11.5 Å². The number of para-hydroxylation sites is 3. The van der Waals surface area contributed by atoms with Gasteiger partial charge in [-0.25, -0.2) is 4.98 Å². The smallest absolute Gasteiger partial charge is 0.308 e. The number of anilines is 1. The molecule has 4 aromatic rings. The lowest BCUT2D eigenvalue weighted by Crippen LogP contribution is -2.38. The summed E-state index contributed by atoms with van der Waals surface area (Å²) in [5, 5.41) is 5.65. The largest absolute Gasteiger partial charge is 0.465 e. The molecule has 0 radical (unpaired) electrons. The van der Waals surface area contributed by atoms with Crippen LogP contribution >= 0.6 is 0 Å². The van der Waals surface area contributed by atoms with Crippen LogP contribution in [0, 0.1) is 17.8 Å². The summed E-state index contributed by atoms with van der Waals surface area (Å²) in [6, 6.07) is 25.4. The van der Waals surface area contributed by atoms with E-state index in [0.717, 1.165) is 61.1 Å². The van der Waals surface area contributed by atoms with Gasteiger partial charge < -0.3 is 19.8 Å². The second kappa shape index (κ2) is 23.1. The van der Waals surface area contributed by atoms with E-state index in [9.17, 15) is 14.4 Å². The predicted octanol–water partition coefficient (Wildman–Crippen LogP) is 9.51. The van der Waals surface area contributed by atoms with E-state index in [1.807, 2.05) is 42.5 Å². The molecule has 0 fully saturated rings. The van der Waals surface area contributed by atoms with Gasteiger partial charge in [-0.2, -0.15) is 0 Å². The number of aromatic nitrogens is 1. The number of rotatable bonds is 20. The molecule has 0 aliphatic carbocycles. The first-order valence-corrected chi connectivity index (χ1v) is 18.9. The van der Waals surface area contributed by atoms with Gasteiger partial charge in [-0.15, -0.1) is 0 Å². The van der Waals surface area contributed by atoms with Crippen molar-refractivity contribution in [1.29, 1.82) is 0 Å². The molecule has 8 nitrogen and oxygen atoms in total. The van der Waals surface area contributed by atoms with Crippen LogP contribution in [0.3, 0.4) is 0 Å². The Labute approximate surface area is 305 Å². The zero-order valence-corrected chi connectivity index (χ0v) is 31.4. The van der Waals surface area contributed by atoms with Crippen molar-refractivity contribution < 1.29 is 23.5 Å². The van der Waals surface area contributed by atoms with E-state index in [1.54, 1.807) is 12.1 Å². The molecule has 0 aliphatic rings. The van der Waals surface area contributed by atoms with E-state index in [-0.39, 0.29) is 24.3 Å². The summed E-state index contributed by atoms with van der Waals surface area (Å²) >= 11 is 0. The molecule has 0 saturated carbocycles. The van der Waals surface area contributed by atoms with E-state index in [4.69, 9.17) is 9.15 Å². The van der Waals surface area contributed by atoms with Gasteiger partial charge in [-0.3, -0.25) is 14.4 Å². The fourth-order valence-electron chi connectivity index (χ4n) is 5.70. The Bertz CT molecular complexity index is 1550. The van der Waals surface area contributed by atoms with E-state index >= 15 is 0 Å². The van der Waals surface area contributed by atoms with Crippen LogP contribution in [-0.4, -0.2) is 35.9 Å². The van der Waals surface area contributed by atoms with Crippen LogP contribution in [0.2, 0.25) is 0 Å². The number of carbonyl (C=O) groups is 3. The van der Waals surface area contributed by atoms with Crippen molar-refractivity contribution in [2.75, 3.05) is 18.5 Å². The number of benzene rings is 3. The molecule has 4 rings (SSSR count). The number of unbranched alkanes of at least 4 members (excludes halogenated alkanes) is 2. The van der Waals surface area contributed by atoms with Crippen molar-refractivity contribution in [3.05, 3.63) is 95.9 Å². The van der Waals surface area contributed by atoms with Gasteiger partial charge in [-0.1, -0.05) is 108 Å². The Morgan fingerprint density at radius 2 is 1.41 bits per heavy atom. The van der Waals surface area contributed by atoms with Crippen LogP contribution < -0.4 is 10.6 Å². The number of nitrogens with zero attached hydrogens (tertiary/aromatic N) is 1. The quantitative estimate of drug-likeness (QED) is 0.0703. The highest BCUT2D eigenvalue weighted by atomic mass is 16.5. The molecule has 0 aliphatic heterocycles. The number of aryl methyl sites for hydroxylation is 3. The molecule has 1 aromatic heterocycles. The molecule has 8 heteroatoms. The van der Waals surface area contributed by atoms with Crippen molar-refractivity contribution >= 4 is 34.6 Å². The van der Waals surface area contributed by atoms with Gasteiger partial charge >= 0.3 is 5.97 Å². The maximum Gasteiger partial charge on any atom is 0.308 e. The Morgan fingerprint density at radius 3 is 2.08 bits per heavy atom. The molecule has 276 valence electrons. The maximum absolute atomic E-state index is 13.6. The lowest BCUT2D eigenvalue weighted by atomic mass is 9.86. The number of ether oxygens (including phenoxy) is 1. The fraction of sp³-hybridized carbons (Fsp3) is 0.488. The first-order valence-electron chi connectivity index (χ1n) is 18.9. The minimum Gasteiger partial charge on any atom is -0.465 e. The summed E-state index contributed by atoms with van der Waals surface area (Å²) in [5.41, 5.74) is 4.72. The molecule has 3 aromatic carbocycles. The van der Waals surface area contributed by atoms with E-state index in [2.05, 4.69) is 74.5 Å². The highest BCUT2D eigenvalue weighted by Crippen LogP contribution is 2.26. The molecule has 1 heterocycles. The number of oxazole rings is 1. The number of amides is 2. The van der Waals surface area contributed by atoms with E-state index in [0.29, 0.717) is 50.3 Å². The molecule has 2 amide bonds. The van der Waals surface area contributed by atoms with Gasteiger partial charge in [0.25, 0.3) is 0 Å². The predicted molar refractivity (Wildman–Crippen MR) is 206 cm³/mol. The molecular formula is C43H59N3O5. The molecule has 0 saturated heterocycles. The van der Waals surface area contributed by atoms with Crippen LogP contribution in [-0.2, 0) is 38.4 Å². The molecule has 0 spiro atoms. The second-order valence-electron chi connectivity index (χ2n) is 13.9. The Morgan fingerprint density at radius 1 is 0.745 bits per heavy atom. The summed E-state index contributed by atoms with van der Waals surface area (Å²) in [6.07, 6.45) is 8.26. The molecule has 1 unspecified atom stereocenters. The first kappa shape index (κ1) is 41.0. The third-order valence-electron chi connectivity index (χ3n) is 8.37. The lowest BCUT2D eigenvalue weighted by molar-refractivity contribution is -0.150. The van der Waals surface area contributed by atoms with Crippen LogP contribution in [0.25, 0.3) is 11.1 Å². The van der Waals surface area contributed by atoms with Gasteiger partial charge in [0.05, 0.1) is 19.1 Å². The minimum atomic E-state index is -0.462. The molecule has 51 heavy (non-hydrogen) atoms. The number of fused-ring (bicyclic) bond motifs is 1. The average molecular weight is 698 g/mol. The standard InChI is InChI=1S/C39H49N3O5.C4H10/c1-3-5-26-46-39(45)32(14-9-12-19-37-42-34-17-10-11-18-35(34)47-37)27-31(25-24-30-22-20-29(13-4-2)21-23-30)38(44)40-28-36(43)41-33-15-7-6-8-16-33;1-4(2)3/h6-8,10-11,15-18,20-23,31-32H,3-5,9,12-14,19,24-28H2,1-2H3,(H,40,44)(H,41,43);4H,1-3H3/t31-,32?;/m1./s1. The normalized spacial score (nSPS) is 12.1. The summed E-state index contributed by atoms with van der Waals surface area (Å²) in [5.74, 6) is -0.168. The molecule has 0 bridgehead atoms. The van der Waals surface area contributed by atoms with E-state index in [1.165, 1.54) is 5.56 Å². The second-order valence-corrected chi connectivity index (χ2v) is 13.9. The van der Waals surface area contributed by atoms with Crippen LogP contribution in [0.1, 0.15) is 103 Å². The first-order chi connectivity index (χ1) is 24.7. The highest BCUT2D eigenvalue weighted by Gasteiger charge is 2.28. The van der Waals surface area contributed by atoms with Crippen molar-refractivity contribution in [3.63, 3.8) is 0 Å². The van der Waals surface area contributed by atoms with Crippen molar-refractivity contribution in [1.82, 2.24) is 10.3 Å². The Balaban J connectivity index is 0.00000166. The van der Waals surface area contributed by atoms with Crippen molar-refractivity contribution in [2.24, 2.45) is 17.8 Å². The van der Waals surface area contributed by atoms with Crippen LogP contribution in [0.4, 0.5) is 5.69 Å². The van der Waals surface area contributed by atoms with Gasteiger partial charge in [0.1, 0.15) is 5.52 Å². The average Bonchev–Trinajstić information content (AvgIpc) is 3.54. The lowest BCUT2D eigenvalue weighted by Gasteiger charge is -2.23. The number of esters is 1. The Hall–Kier alpha value is -4.46. The van der Waals surface area contributed by atoms with Crippen LogP contribution in [0.15, 0.2) is 83.3 Å². The van der Waals surface area contributed by atoms with Gasteiger partial charge in [0.2, 0.25) is 11.8 Å². The maximum atomic E-state index is 13.6. The van der Waals surface area contributed by atoms with E-state index < -0.39 is 11.8 Å². The topological polar surface area (TPSA) is 111 Å². The highest BCUT2D eigenvalue weighted by molar-refractivity contribution is 5.94. The monoisotopic (exact) mass is 697 g/mol. The van der Waals surface area contributed by atoms with Crippen molar-refractivity contribution in [3.8, 4) is 0 Å². The zero-order chi connectivity index (χ0) is 36.8. The third-order valence-corrected chi connectivity index (χ3v) is 8.37. The van der Waals surface area contributed by atoms with Gasteiger partial charge in [-0.05, 0) is 86.3 Å². The Kier molecular flexibility index (Phi) is 18.6. The van der Waals surface area contributed by atoms with Crippen molar-refractivity contribution in [2.45, 2.75) is 105 Å². The summed E-state index contributed by atoms with van der Waals surface area (Å²) < 4.78 is 11.6. The summed E-state index contributed by atoms with van der Waals surface area (Å²) in [4.78, 5) is 44.2. The number of hydrogen-bond acceptors (Lipinski definition) is 6. The fourth-order valence-corrected chi connectivity index (χ4v) is 5.70. The zero-order valence-electron chi connectivity index (χ0n) is 31.4. The minimum absolute atomic E-state index is 0.147. The molecule has 2 N–H and O–H groups in total. The molecule has 2 atom stereocenters. The summed E-state index contributed by atoms with van der Waals surface area (Å²) in [6.45, 7) is 10.9. The number of carbonyl (C=O) groups excluding carboxylic acids is 3. The number of nitrogens with one attached hydrogen (secondary N) is 2. The van der Waals surface area contributed by atoms with Crippen LogP contribution in [0.5, 0.6) is 0 Å². The number of hydrogen-bond donors (Lipinski definition) is 2. The third kappa shape index (κ3) is 16.0. The summed E-state index contributed by atoms with van der Waals surface area (Å²) in [7, 11) is 0. The molecular weight excluding hydrogens is 638 g/mol. The van der Waals surface area contributed by atoms with Gasteiger partial charge in [0, 0.05) is 18.0 Å². The SMILES string of the molecule is CC(C)C.CCCCOC(=O)C(CCCCc1nc2ccccc2o1)C[C@@H](CCc1ccc(CCC)cc1)C(=O)NCC(=O)Nc1ccccc1.